The molecule has 1 aromatic carbocycles. The van der Waals surface area contributed by atoms with E-state index in [0.717, 1.165) is 11.1 Å². The van der Waals surface area contributed by atoms with Gasteiger partial charge in [0.15, 0.2) is 0 Å². The molecule has 1 atom stereocenters. The Bertz CT molecular complexity index is 759. The van der Waals surface area contributed by atoms with E-state index >= 15 is 0 Å². The molecule has 0 saturated carbocycles. The van der Waals surface area contributed by atoms with E-state index in [1.807, 2.05) is 6.07 Å². The van der Waals surface area contributed by atoms with Crippen LogP contribution in [0.15, 0.2) is 42.6 Å². The number of carbonyl (C=O) groups is 2. The quantitative estimate of drug-likeness (QED) is 0.753. The summed E-state index contributed by atoms with van der Waals surface area (Å²) in [5.41, 5.74) is 2.54. The first-order valence-electron chi connectivity index (χ1n) is 8.10. The first-order chi connectivity index (χ1) is 12.1. The second-order valence-corrected chi connectivity index (χ2v) is 6.06. The third-order valence-electron chi connectivity index (χ3n) is 4.31. The largest absolute Gasteiger partial charge is 0.383 e. The van der Waals surface area contributed by atoms with Crippen LogP contribution in [-0.2, 0) is 20.7 Å². The molecule has 6 heteroatoms. The van der Waals surface area contributed by atoms with Gasteiger partial charge in [-0.3, -0.25) is 14.6 Å². The van der Waals surface area contributed by atoms with Gasteiger partial charge in [-0.05, 0) is 35.7 Å². The molecule has 2 aromatic rings. The number of amides is 1. The van der Waals surface area contributed by atoms with Gasteiger partial charge in [-0.2, -0.15) is 0 Å². The number of likely N-dealkylation sites (tertiary alicyclic amines) is 1. The van der Waals surface area contributed by atoms with E-state index in [0.29, 0.717) is 31.8 Å². The average molecular weight is 342 g/mol. The van der Waals surface area contributed by atoms with Crippen molar-refractivity contribution in [3.63, 3.8) is 0 Å². The lowest BCUT2D eigenvalue weighted by Gasteiger charge is -2.14. The van der Waals surface area contributed by atoms with Gasteiger partial charge in [-0.25, -0.2) is 4.39 Å². The van der Waals surface area contributed by atoms with Crippen LogP contribution in [0.1, 0.15) is 22.7 Å². The summed E-state index contributed by atoms with van der Waals surface area (Å²) >= 11 is 0. The van der Waals surface area contributed by atoms with Crippen LogP contribution in [-0.4, -0.2) is 48.4 Å². The number of methoxy groups -OCH3 is 1. The van der Waals surface area contributed by atoms with Crippen LogP contribution in [0.5, 0.6) is 0 Å². The van der Waals surface area contributed by atoms with Crippen LogP contribution in [0.3, 0.4) is 0 Å². The Hall–Kier alpha value is -2.60. The Morgan fingerprint density at radius 2 is 1.88 bits per heavy atom. The summed E-state index contributed by atoms with van der Waals surface area (Å²) in [4.78, 5) is 30.0. The SMILES string of the molecule is COCCN1CC(c2ccc(Cc3ccc(F)cc3)cn2)C(=O)C1=O. The summed E-state index contributed by atoms with van der Waals surface area (Å²) in [5, 5.41) is 0. The Labute approximate surface area is 145 Å². The molecule has 0 N–H and O–H groups in total. The van der Waals surface area contributed by atoms with Crippen LogP contribution in [0.2, 0.25) is 0 Å². The van der Waals surface area contributed by atoms with Crippen LogP contribution in [0, 0.1) is 5.82 Å². The molecule has 1 fully saturated rings. The Balaban J connectivity index is 1.68. The molecule has 0 radical (unpaired) electrons. The van der Waals surface area contributed by atoms with E-state index in [-0.39, 0.29) is 5.82 Å². The summed E-state index contributed by atoms with van der Waals surface area (Å²) in [7, 11) is 1.56. The van der Waals surface area contributed by atoms with Crippen molar-refractivity contribution in [2.24, 2.45) is 0 Å². The lowest BCUT2D eigenvalue weighted by molar-refractivity contribution is -0.140. The second-order valence-electron chi connectivity index (χ2n) is 6.06. The number of carbonyl (C=O) groups excluding carboxylic acids is 2. The Kier molecular flexibility index (Phi) is 5.19. The maximum absolute atomic E-state index is 12.9. The van der Waals surface area contributed by atoms with Gasteiger partial charge < -0.3 is 9.64 Å². The summed E-state index contributed by atoms with van der Waals surface area (Å²) in [6, 6.07) is 9.99. The maximum atomic E-state index is 12.9. The first-order valence-corrected chi connectivity index (χ1v) is 8.10. The Morgan fingerprint density at radius 3 is 2.52 bits per heavy atom. The van der Waals surface area contributed by atoms with Crippen molar-refractivity contribution < 1.29 is 18.7 Å². The minimum absolute atomic E-state index is 0.264. The van der Waals surface area contributed by atoms with E-state index in [4.69, 9.17) is 4.74 Å². The third kappa shape index (κ3) is 3.91. The normalized spacial score (nSPS) is 17.4. The number of hydrogen-bond acceptors (Lipinski definition) is 4. The third-order valence-corrected chi connectivity index (χ3v) is 4.31. The maximum Gasteiger partial charge on any atom is 0.290 e. The number of pyridine rings is 1. The molecule has 1 aliphatic rings. The summed E-state index contributed by atoms with van der Waals surface area (Å²) in [5.74, 6) is -1.68. The molecule has 5 nitrogen and oxygen atoms in total. The van der Waals surface area contributed by atoms with E-state index in [1.165, 1.54) is 17.0 Å². The summed E-state index contributed by atoms with van der Waals surface area (Å²) < 4.78 is 17.9. The number of aromatic nitrogens is 1. The zero-order valence-corrected chi connectivity index (χ0v) is 13.9. The van der Waals surface area contributed by atoms with Gasteiger partial charge in [0.05, 0.1) is 18.2 Å². The van der Waals surface area contributed by atoms with Crippen molar-refractivity contribution in [1.82, 2.24) is 9.88 Å². The molecule has 1 unspecified atom stereocenters. The fraction of sp³-hybridized carbons (Fsp3) is 0.316. The van der Waals surface area contributed by atoms with Gasteiger partial charge in [0, 0.05) is 26.4 Å². The van der Waals surface area contributed by atoms with Crippen molar-refractivity contribution in [3.05, 3.63) is 65.2 Å². The minimum atomic E-state index is -0.524. The van der Waals surface area contributed by atoms with Crippen molar-refractivity contribution >= 4 is 11.7 Å². The highest BCUT2D eigenvalue weighted by Gasteiger charge is 2.40. The average Bonchev–Trinajstić information content (AvgIpc) is 2.91. The molecular formula is C19H19FN2O3. The smallest absolute Gasteiger partial charge is 0.290 e. The van der Waals surface area contributed by atoms with Crippen LogP contribution < -0.4 is 0 Å². The van der Waals surface area contributed by atoms with E-state index in [2.05, 4.69) is 4.98 Å². The first kappa shape index (κ1) is 17.2. The van der Waals surface area contributed by atoms with Crippen molar-refractivity contribution in [1.29, 1.82) is 0 Å². The topological polar surface area (TPSA) is 59.5 Å². The van der Waals surface area contributed by atoms with Gasteiger partial charge in [0.2, 0.25) is 5.78 Å². The lowest BCUT2D eigenvalue weighted by atomic mass is 10.0. The molecule has 130 valence electrons. The van der Waals surface area contributed by atoms with Gasteiger partial charge in [0.25, 0.3) is 5.91 Å². The van der Waals surface area contributed by atoms with Crippen molar-refractivity contribution in [2.45, 2.75) is 12.3 Å². The monoisotopic (exact) mass is 342 g/mol. The van der Waals surface area contributed by atoms with Crippen LogP contribution in [0.4, 0.5) is 4.39 Å². The molecular weight excluding hydrogens is 323 g/mol. The molecule has 1 aromatic heterocycles. The van der Waals surface area contributed by atoms with Gasteiger partial charge in [-0.15, -0.1) is 0 Å². The van der Waals surface area contributed by atoms with Gasteiger partial charge in [-0.1, -0.05) is 18.2 Å². The number of benzene rings is 1. The molecule has 3 rings (SSSR count). The molecule has 25 heavy (non-hydrogen) atoms. The predicted molar refractivity (Wildman–Crippen MR) is 89.6 cm³/mol. The van der Waals surface area contributed by atoms with Gasteiger partial charge in [0.1, 0.15) is 5.82 Å². The highest BCUT2D eigenvalue weighted by molar-refractivity contribution is 6.40. The number of hydrogen-bond donors (Lipinski definition) is 0. The van der Waals surface area contributed by atoms with Gasteiger partial charge >= 0.3 is 0 Å². The Morgan fingerprint density at radius 1 is 1.16 bits per heavy atom. The number of halogens is 1. The minimum Gasteiger partial charge on any atom is -0.383 e. The van der Waals surface area contributed by atoms with E-state index in [1.54, 1.807) is 31.5 Å². The van der Waals surface area contributed by atoms with Crippen molar-refractivity contribution in [3.8, 4) is 0 Å². The summed E-state index contributed by atoms with van der Waals surface area (Å²) in [6.45, 7) is 1.14. The standard InChI is InChI=1S/C19H19FN2O3/c1-25-9-8-22-12-16(18(23)19(22)24)17-7-4-14(11-21-17)10-13-2-5-15(20)6-3-13/h2-7,11,16H,8-10,12H2,1H3. The number of Topliss-reactive ketones (excluding diaryl/α,β-unsaturated/α-hetero) is 1. The number of ketones is 1. The number of rotatable bonds is 6. The highest BCUT2D eigenvalue weighted by Crippen LogP contribution is 2.24. The van der Waals surface area contributed by atoms with Crippen LogP contribution >= 0.6 is 0 Å². The molecule has 2 heterocycles. The number of ether oxygens (including phenoxy) is 1. The predicted octanol–water partition coefficient (Wildman–Crippen LogP) is 1.95. The van der Waals surface area contributed by atoms with Crippen molar-refractivity contribution in [2.75, 3.05) is 26.8 Å². The zero-order chi connectivity index (χ0) is 17.8. The molecule has 0 spiro atoms. The van der Waals surface area contributed by atoms with Crippen LogP contribution in [0.25, 0.3) is 0 Å². The molecule has 1 saturated heterocycles. The fourth-order valence-electron chi connectivity index (χ4n) is 2.90. The fourth-order valence-corrected chi connectivity index (χ4v) is 2.90. The summed E-state index contributed by atoms with van der Waals surface area (Å²) in [6.07, 6.45) is 2.33. The molecule has 0 aliphatic carbocycles. The molecule has 0 bridgehead atoms. The lowest BCUT2D eigenvalue weighted by Crippen LogP contribution is -2.30. The zero-order valence-electron chi connectivity index (χ0n) is 13.9. The van der Waals surface area contributed by atoms with E-state index < -0.39 is 17.6 Å². The number of nitrogens with zero attached hydrogens (tertiary/aromatic N) is 2. The highest BCUT2D eigenvalue weighted by atomic mass is 19.1. The molecule has 1 amide bonds. The molecule has 1 aliphatic heterocycles. The van der Waals surface area contributed by atoms with E-state index in [9.17, 15) is 14.0 Å². The second kappa shape index (κ2) is 7.53.